The highest BCUT2D eigenvalue weighted by atomic mass is 35.5. The van der Waals surface area contributed by atoms with Crippen molar-refractivity contribution in [2.45, 2.75) is 18.9 Å². The molecule has 0 saturated carbocycles. The van der Waals surface area contributed by atoms with Gasteiger partial charge in [0, 0.05) is 12.2 Å². The molecule has 3 saturated heterocycles. The number of piperidine rings is 3. The fourth-order valence-corrected chi connectivity index (χ4v) is 3.66. The number of nitrogens with zero attached hydrogens (tertiary/aromatic N) is 1. The standard InChI is InChI=1S/C19H22N2O.ClH/c20-17-3-1-2-16(12-17)14-4-6-18(7-5-14)22-19-13-21-10-8-15(19)9-11-21;/h1-7,12,15,19H,8-11,13,20H2;1H. The molecule has 0 spiro atoms. The summed E-state index contributed by atoms with van der Waals surface area (Å²) in [7, 11) is 0. The van der Waals surface area contributed by atoms with Crippen molar-refractivity contribution < 1.29 is 4.74 Å². The van der Waals surface area contributed by atoms with Crippen LogP contribution >= 0.6 is 12.4 Å². The Hall–Kier alpha value is -1.71. The zero-order valence-corrected chi connectivity index (χ0v) is 14.0. The molecule has 0 radical (unpaired) electrons. The van der Waals surface area contributed by atoms with Crippen LogP contribution in [-0.2, 0) is 0 Å². The van der Waals surface area contributed by atoms with E-state index < -0.39 is 0 Å². The van der Waals surface area contributed by atoms with Crippen LogP contribution in [0.5, 0.6) is 5.75 Å². The van der Waals surface area contributed by atoms with Crippen molar-refractivity contribution in [1.29, 1.82) is 0 Å². The summed E-state index contributed by atoms with van der Waals surface area (Å²) in [6.07, 6.45) is 2.93. The molecule has 122 valence electrons. The smallest absolute Gasteiger partial charge is 0.119 e. The molecule has 3 aliphatic heterocycles. The van der Waals surface area contributed by atoms with Crippen molar-refractivity contribution in [1.82, 2.24) is 4.90 Å². The van der Waals surface area contributed by atoms with Crippen molar-refractivity contribution >= 4 is 18.1 Å². The lowest BCUT2D eigenvalue weighted by Crippen LogP contribution is -2.52. The van der Waals surface area contributed by atoms with Crippen molar-refractivity contribution in [3.8, 4) is 16.9 Å². The quantitative estimate of drug-likeness (QED) is 0.869. The first-order chi connectivity index (χ1) is 10.8. The van der Waals surface area contributed by atoms with Crippen LogP contribution in [-0.4, -0.2) is 30.6 Å². The molecule has 3 heterocycles. The molecule has 0 aromatic heterocycles. The molecule has 2 bridgehead atoms. The Labute approximate surface area is 143 Å². The van der Waals surface area contributed by atoms with Gasteiger partial charge in [-0.15, -0.1) is 12.4 Å². The fourth-order valence-electron chi connectivity index (χ4n) is 3.66. The minimum Gasteiger partial charge on any atom is -0.489 e. The number of hydrogen-bond donors (Lipinski definition) is 1. The maximum atomic E-state index is 6.24. The highest BCUT2D eigenvalue weighted by Crippen LogP contribution is 2.31. The van der Waals surface area contributed by atoms with Crippen molar-refractivity contribution in [2.24, 2.45) is 5.92 Å². The van der Waals surface area contributed by atoms with E-state index in [1.54, 1.807) is 0 Å². The van der Waals surface area contributed by atoms with Gasteiger partial charge in [0.1, 0.15) is 11.9 Å². The number of fused-ring (bicyclic) bond motifs is 3. The lowest BCUT2D eigenvalue weighted by Gasteiger charge is -2.44. The molecule has 2 aromatic carbocycles. The van der Waals surface area contributed by atoms with Crippen LogP contribution in [0.3, 0.4) is 0 Å². The topological polar surface area (TPSA) is 38.5 Å². The third-order valence-corrected chi connectivity index (χ3v) is 4.96. The molecule has 4 heteroatoms. The zero-order chi connectivity index (χ0) is 14.9. The van der Waals surface area contributed by atoms with Crippen LogP contribution in [0.15, 0.2) is 48.5 Å². The van der Waals surface area contributed by atoms with Crippen LogP contribution in [0.1, 0.15) is 12.8 Å². The summed E-state index contributed by atoms with van der Waals surface area (Å²) in [5.41, 5.74) is 8.97. The normalized spacial score (nSPS) is 25.7. The SMILES string of the molecule is Cl.Nc1cccc(-c2ccc(OC3CN4CCC3CC4)cc2)c1. The lowest BCUT2D eigenvalue weighted by molar-refractivity contribution is -0.00775. The summed E-state index contributed by atoms with van der Waals surface area (Å²) < 4.78 is 6.24. The van der Waals surface area contributed by atoms with E-state index in [1.807, 2.05) is 18.2 Å². The third-order valence-electron chi connectivity index (χ3n) is 4.96. The first kappa shape index (κ1) is 16.2. The Morgan fingerprint density at radius 2 is 1.70 bits per heavy atom. The summed E-state index contributed by atoms with van der Waals surface area (Å²) in [6, 6.07) is 16.4. The van der Waals surface area contributed by atoms with Crippen LogP contribution in [0, 0.1) is 5.92 Å². The van der Waals surface area contributed by atoms with Gasteiger partial charge in [0.15, 0.2) is 0 Å². The van der Waals surface area contributed by atoms with Gasteiger partial charge in [-0.25, -0.2) is 0 Å². The second-order valence-electron chi connectivity index (χ2n) is 6.44. The number of benzene rings is 2. The molecule has 2 aromatic rings. The molecule has 23 heavy (non-hydrogen) atoms. The second kappa shape index (κ2) is 6.81. The van der Waals surface area contributed by atoms with Crippen LogP contribution in [0.25, 0.3) is 11.1 Å². The number of nitrogens with two attached hydrogens (primary N) is 1. The first-order valence-electron chi connectivity index (χ1n) is 8.13. The number of anilines is 1. The highest BCUT2D eigenvalue weighted by molar-refractivity contribution is 5.85. The van der Waals surface area contributed by atoms with Gasteiger partial charge < -0.3 is 10.5 Å². The first-order valence-corrected chi connectivity index (χ1v) is 8.13. The monoisotopic (exact) mass is 330 g/mol. The van der Waals surface area contributed by atoms with Crippen molar-refractivity contribution in [3.05, 3.63) is 48.5 Å². The van der Waals surface area contributed by atoms with E-state index in [0.717, 1.165) is 29.5 Å². The highest BCUT2D eigenvalue weighted by Gasteiger charge is 2.35. The molecule has 0 amide bonds. The Morgan fingerprint density at radius 1 is 0.957 bits per heavy atom. The van der Waals surface area contributed by atoms with E-state index in [1.165, 1.54) is 31.5 Å². The maximum Gasteiger partial charge on any atom is 0.119 e. The van der Waals surface area contributed by atoms with Crippen LogP contribution in [0.2, 0.25) is 0 Å². The van der Waals surface area contributed by atoms with Gasteiger partial charge in [-0.3, -0.25) is 4.90 Å². The summed E-state index contributed by atoms with van der Waals surface area (Å²) >= 11 is 0. The zero-order valence-electron chi connectivity index (χ0n) is 13.2. The van der Waals surface area contributed by atoms with Gasteiger partial charge in [-0.1, -0.05) is 24.3 Å². The number of hydrogen-bond acceptors (Lipinski definition) is 3. The van der Waals surface area contributed by atoms with Crippen molar-refractivity contribution in [3.63, 3.8) is 0 Å². The summed E-state index contributed by atoms with van der Waals surface area (Å²) in [6.45, 7) is 3.58. The molecule has 3 nitrogen and oxygen atoms in total. The minimum absolute atomic E-state index is 0. The van der Waals surface area contributed by atoms with Gasteiger partial charge in [0.05, 0.1) is 0 Å². The molecule has 1 atom stereocenters. The number of ether oxygens (including phenoxy) is 1. The Balaban J connectivity index is 0.00000156. The Kier molecular flexibility index (Phi) is 4.79. The molecule has 3 fully saturated rings. The van der Waals surface area contributed by atoms with E-state index >= 15 is 0 Å². The summed E-state index contributed by atoms with van der Waals surface area (Å²) in [5, 5.41) is 0. The van der Waals surface area contributed by atoms with Crippen molar-refractivity contribution in [2.75, 3.05) is 25.4 Å². The molecule has 5 rings (SSSR count). The fraction of sp³-hybridized carbons (Fsp3) is 0.368. The van der Waals surface area contributed by atoms with Gasteiger partial charge in [-0.2, -0.15) is 0 Å². The minimum atomic E-state index is 0. The largest absolute Gasteiger partial charge is 0.489 e. The number of halogens is 1. The molecule has 3 aliphatic rings. The Bertz CT molecular complexity index is 651. The van der Waals surface area contributed by atoms with Crippen LogP contribution in [0.4, 0.5) is 5.69 Å². The predicted molar refractivity (Wildman–Crippen MR) is 97.1 cm³/mol. The molecule has 1 unspecified atom stereocenters. The molecule has 0 aliphatic carbocycles. The average Bonchev–Trinajstić information content (AvgIpc) is 2.57. The van der Waals surface area contributed by atoms with E-state index in [2.05, 4.69) is 35.2 Å². The Morgan fingerprint density at radius 3 is 2.30 bits per heavy atom. The average molecular weight is 331 g/mol. The number of rotatable bonds is 3. The molecular formula is C19H23ClN2O. The van der Waals surface area contributed by atoms with E-state index in [0.29, 0.717) is 6.10 Å². The van der Waals surface area contributed by atoms with Gasteiger partial charge in [0.25, 0.3) is 0 Å². The second-order valence-corrected chi connectivity index (χ2v) is 6.44. The van der Waals surface area contributed by atoms with Gasteiger partial charge in [0.2, 0.25) is 0 Å². The van der Waals surface area contributed by atoms with Gasteiger partial charge >= 0.3 is 0 Å². The van der Waals surface area contributed by atoms with Gasteiger partial charge in [-0.05, 0) is 67.2 Å². The lowest BCUT2D eigenvalue weighted by atomic mass is 9.86. The molecular weight excluding hydrogens is 308 g/mol. The predicted octanol–water partition coefficient (Wildman–Crippen LogP) is 3.83. The maximum absolute atomic E-state index is 6.24. The van der Waals surface area contributed by atoms with E-state index in [9.17, 15) is 0 Å². The summed E-state index contributed by atoms with van der Waals surface area (Å²) in [5.74, 6) is 1.71. The van der Waals surface area contributed by atoms with E-state index in [-0.39, 0.29) is 12.4 Å². The number of nitrogen functional groups attached to an aromatic ring is 1. The third kappa shape index (κ3) is 3.46. The van der Waals surface area contributed by atoms with Crippen LogP contribution < -0.4 is 10.5 Å². The molecule has 2 N–H and O–H groups in total. The van der Waals surface area contributed by atoms with E-state index in [4.69, 9.17) is 10.5 Å². The summed E-state index contributed by atoms with van der Waals surface area (Å²) in [4.78, 5) is 2.52.